The van der Waals surface area contributed by atoms with Crippen LogP contribution in [0.3, 0.4) is 0 Å². The van der Waals surface area contributed by atoms with Crippen LogP contribution in [0.4, 0.5) is 0 Å². The Kier molecular flexibility index (Phi) is 2.55. The Hall–Kier alpha value is -1.62. The van der Waals surface area contributed by atoms with Crippen molar-refractivity contribution in [3.8, 4) is 0 Å². The zero-order chi connectivity index (χ0) is 11.9. The van der Waals surface area contributed by atoms with E-state index >= 15 is 0 Å². The molecule has 6 heteroatoms. The molecular formula is C10H10ClN3O2. The number of carboxylic acid groups (broad SMARTS) is 1. The van der Waals surface area contributed by atoms with E-state index in [9.17, 15) is 4.79 Å². The predicted molar refractivity (Wildman–Crippen MR) is 59.0 cm³/mol. The summed E-state index contributed by atoms with van der Waals surface area (Å²) < 4.78 is 1.35. The molecule has 16 heavy (non-hydrogen) atoms. The lowest BCUT2D eigenvalue weighted by molar-refractivity contribution is 0.0696. The number of hydrogen-bond donors (Lipinski definition) is 1. The van der Waals surface area contributed by atoms with Gasteiger partial charge in [-0.1, -0.05) is 25.4 Å². The number of carboxylic acids is 1. The Bertz CT molecular complexity index is 562. The van der Waals surface area contributed by atoms with Gasteiger partial charge in [0.1, 0.15) is 10.7 Å². The fourth-order valence-electron chi connectivity index (χ4n) is 1.35. The fourth-order valence-corrected chi connectivity index (χ4v) is 1.60. The van der Waals surface area contributed by atoms with Crippen LogP contribution in [0, 0.1) is 0 Å². The zero-order valence-corrected chi connectivity index (χ0v) is 9.56. The quantitative estimate of drug-likeness (QED) is 0.816. The van der Waals surface area contributed by atoms with Gasteiger partial charge in [0.2, 0.25) is 0 Å². The van der Waals surface area contributed by atoms with Gasteiger partial charge in [0, 0.05) is 12.3 Å². The summed E-state index contributed by atoms with van der Waals surface area (Å²) in [6.45, 7) is 3.99. The Morgan fingerprint density at radius 3 is 2.81 bits per heavy atom. The highest BCUT2D eigenvalue weighted by atomic mass is 35.5. The smallest absolute Gasteiger partial charge is 0.340 e. The molecule has 0 saturated carbocycles. The number of nitrogens with zero attached hydrogens (tertiary/aromatic N) is 3. The highest BCUT2D eigenvalue weighted by Crippen LogP contribution is 2.20. The van der Waals surface area contributed by atoms with E-state index in [0.29, 0.717) is 5.65 Å². The molecule has 2 aromatic rings. The van der Waals surface area contributed by atoms with Gasteiger partial charge in [-0.2, -0.15) is 5.10 Å². The monoisotopic (exact) mass is 239 g/mol. The molecular weight excluding hydrogens is 230 g/mol. The number of aromatic carboxylic acids is 1. The average molecular weight is 240 g/mol. The molecule has 0 saturated heterocycles. The normalized spacial score (nSPS) is 11.2. The van der Waals surface area contributed by atoms with E-state index in [4.69, 9.17) is 16.7 Å². The van der Waals surface area contributed by atoms with Crippen molar-refractivity contribution in [1.29, 1.82) is 0 Å². The number of aromatic nitrogens is 3. The maximum absolute atomic E-state index is 10.8. The number of carbonyl (C=O) groups is 1. The number of rotatable bonds is 2. The first-order chi connectivity index (χ1) is 7.50. The number of hydrogen-bond acceptors (Lipinski definition) is 3. The minimum atomic E-state index is -1.11. The van der Waals surface area contributed by atoms with Crippen LogP contribution in [0.2, 0.25) is 5.15 Å². The minimum absolute atomic E-state index is 0.0485. The summed E-state index contributed by atoms with van der Waals surface area (Å²) in [6.07, 6.45) is 1.24. The van der Waals surface area contributed by atoms with Crippen molar-refractivity contribution in [1.82, 2.24) is 14.6 Å². The first-order valence-corrected chi connectivity index (χ1v) is 5.16. The van der Waals surface area contributed by atoms with Gasteiger partial charge in [-0.15, -0.1) is 0 Å². The van der Waals surface area contributed by atoms with Crippen LogP contribution in [0.25, 0.3) is 5.65 Å². The molecule has 0 aliphatic rings. The Balaban J connectivity index is 2.69. The third-order valence-corrected chi connectivity index (χ3v) is 2.63. The molecule has 0 fully saturated rings. The molecule has 0 amide bonds. The summed E-state index contributed by atoms with van der Waals surface area (Å²) in [6, 6.07) is 1.79. The van der Waals surface area contributed by atoms with Crippen LogP contribution >= 0.6 is 11.6 Å². The third-order valence-electron chi connectivity index (χ3n) is 2.27. The van der Waals surface area contributed by atoms with Crippen LogP contribution in [0.5, 0.6) is 0 Å². The van der Waals surface area contributed by atoms with Gasteiger partial charge in [-0.25, -0.2) is 14.3 Å². The summed E-state index contributed by atoms with van der Waals surface area (Å²) >= 11 is 5.93. The lowest BCUT2D eigenvalue weighted by Gasteiger charge is -2.00. The Morgan fingerprint density at radius 2 is 2.25 bits per heavy atom. The van der Waals surface area contributed by atoms with Crippen LogP contribution in [0.15, 0.2) is 12.3 Å². The molecule has 2 aromatic heterocycles. The minimum Gasteiger partial charge on any atom is -0.478 e. The molecule has 0 spiro atoms. The topological polar surface area (TPSA) is 67.5 Å². The molecule has 0 unspecified atom stereocenters. The van der Waals surface area contributed by atoms with E-state index in [1.165, 1.54) is 10.7 Å². The van der Waals surface area contributed by atoms with E-state index in [-0.39, 0.29) is 16.6 Å². The second kappa shape index (κ2) is 3.75. The second-order valence-corrected chi connectivity index (χ2v) is 4.12. The van der Waals surface area contributed by atoms with Crippen molar-refractivity contribution in [2.45, 2.75) is 19.8 Å². The first-order valence-electron chi connectivity index (χ1n) is 4.78. The largest absolute Gasteiger partial charge is 0.478 e. The maximum atomic E-state index is 10.8. The summed E-state index contributed by atoms with van der Waals surface area (Å²) in [4.78, 5) is 14.8. The van der Waals surface area contributed by atoms with E-state index in [2.05, 4.69) is 10.1 Å². The lowest BCUT2D eigenvalue weighted by atomic mass is 10.1. The van der Waals surface area contributed by atoms with Gasteiger partial charge >= 0.3 is 5.97 Å². The predicted octanol–water partition coefficient (Wildman–Crippen LogP) is 2.20. The van der Waals surface area contributed by atoms with Crippen LogP contribution < -0.4 is 0 Å². The summed E-state index contributed by atoms with van der Waals surface area (Å²) in [7, 11) is 0. The molecule has 2 heterocycles. The van der Waals surface area contributed by atoms with Gasteiger partial charge in [0.05, 0.1) is 5.69 Å². The molecule has 2 rings (SSSR count). The molecule has 0 atom stereocenters. The van der Waals surface area contributed by atoms with Gasteiger partial charge in [-0.3, -0.25) is 0 Å². The van der Waals surface area contributed by atoms with E-state index in [1.54, 1.807) is 6.07 Å². The van der Waals surface area contributed by atoms with Crippen LogP contribution in [-0.4, -0.2) is 25.7 Å². The molecule has 0 aliphatic carbocycles. The standard InChI is InChI=1S/C10H10ClN3O2/c1-5(2)7-3-8-12-4-6(10(15)16)9(11)14(8)13-7/h3-5H,1-2H3,(H,15,16). The molecule has 1 N–H and O–H groups in total. The van der Waals surface area contributed by atoms with Crippen LogP contribution in [-0.2, 0) is 0 Å². The third kappa shape index (κ3) is 1.63. The van der Waals surface area contributed by atoms with Crippen molar-refractivity contribution in [2.24, 2.45) is 0 Å². The Morgan fingerprint density at radius 1 is 1.56 bits per heavy atom. The van der Waals surface area contributed by atoms with Gasteiger partial charge < -0.3 is 5.11 Å². The maximum Gasteiger partial charge on any atom is 0.340 e. The number of fused-ring (bicyclic) bond motifs is 1. The summed E-state index contributed by atoms with van der Waals surface area (Å²) in [5.41, 5.74) is 1.34. The van der Waals surface area contributed by atoms with Crippen molar-refractivity contribution in [2.75, 3.05) is 0 Å². The Labute approximate surface area is 96.7 Å². The lowest BCUT2D eigenvalue weighted by Crippen LogP contribution is -2.04. The van der Waals surface area contributed by atoms with Gasteiger partial charge in [0.15, 0.2) is 5.65 Å². The van der Waals surface area contributed by atoms with E-state index in [1.807, 2.05) is 13.8 Å². The van der Waals surface area contributed by atoms with Gasteiger partial charge in [0.25, 0.3) is 0 Å². The summed E-state index contributed by atoms with van der Waals surface area (Å²) in [5.74, 6) is -0.868. The molecule has 5 nitrogen and oxygen atoms in total. The fraction of sp³-hybridized carbons (Fsp3) is 0.300. The average Bonchev–Trinajstić information content (AvgIpc) is 2.62. The molecule has 84 valence electrons. The number of halogens is 1. The molecule has 0 radical (unpaired) electrons. The van der Waals surface area contributed by atoms with Crippen molar-refractivity contribution in [3.05, 3.63) is 28.7 Å². The van der Waals surface area contributed by atoms with E-state index in [0.717, 1.165) is 5.69 Å². The van der Waals surface area contributed by atoms with Crippen molar-refractivity contribution in [3.63, 3.8) is 0 Å². The zero-order valence-electron chi connectivity index (χ0n) is 8.81. The SMILES string of the molecule is CC(C)c1cc2ncc(C(=O)O)c(Cl)n2n1. The van der Waals surface area contributed by atoms with Crippen molar-refractivity contribution >= 4 is 23.2 Å². The van der Waals surface area contributed by atoms with Gasteiger partial charge in [-0.05, 0) is 5.92 Å². The molecule has 0 aromatic carbocycles. The molecule has 0 bridgehead atoms. The van der Waals surface area contributed by atoms with Crippen LogP contribution in [0.1, 0.15) is 35.8 Å². The van der Waals surface area contributed by atoms with Crippen molar-refractivity contribution < 1.29 is 9.90 Å². The van der Waals surface area contributed by atoms with E-state index < -0.39 is 5.97 Å². The molecule has 0 aliphatic heterocycles. The first kappa shape index (κ1) is 10.9. The second-order valence-electron chi connectivity index (χ2n) is 3.76. The highest BCUT2D eigenvalue weighted by Gasteiger charge is 2.15. The highest BCUT2D eigenvalue weighted by molar-refractivity contribution is 6.32. The summed E-state index contributed by atoms with van der Waals surface area (Å²) in [5, 5.41) is 13.2.